The van der Waals surface area contributed by atoms with Crippen LogP contribution in [-0.2, 0) is 30.8 Å². The molecular formula is C39H34F2IrNO2-. The summed E-state index contributed by atoms with van der Waals surface area (Å²) in [6.45, 7) is 11.1. The number of rotatable bonds is 1. The van der Waals surface area contributed by atoms with Crippen molar-refractivity contribution in [2.75, 3.05) is 0 Å². The minimum absolute atomic E-state index is 0. The zero-order valence-corrected chi connectivity index (χ0v) is 28.4. The Bertz CT molecular complexity index is 2150. The Kier molecular flexibility index (Phi) is 8.22. The number of carbonyl (C=O) groups is 1. The van der Waals surface area contributed by atoms with Crippen LogP contribution in [0.2, 0.25) is 0 Å². The fourth-order valence-corrected chi connectivity index (χ4v) is 5.60. The van der Waals surface area contributed by atoms with Gasteiger partial charge >= 0.3 is 0 Å². The van der Waals surface area contributed by atoms with Crippen molar-refractivity contribution in [2.45, 2.75) is 47.5 Å². The molecule has 1 heterocycles. The van der Waals surface area contributed by atoms with Crippen molar-refractivity contribution in [3.8, 4) is 11.3 Å². The third-order valence-electron chi connectivity index (χ3n) is 8.25. The third-order valence-corrected chi connectivity index (χ3v) is 8.25. The molecule has 1 aromatic heterocycles. The fraction of sp³-hybridized carbons (Fsp3) is 0.231. The Balaban J connectivity index is 0.000000246. The number of aliphatic hydroxyl groups excluding tert-OH is 1. The fourth-order valence-electron chi connectivity index (χ4n) is 5.60. The van der Waals surface area contributed by atoms with Crippen LogP contribution in [0, 0.1) is 16.9 Å². The van der Waals surface area contributed by atoms with Crippen molar-refractivity contribution >= 4 is 48.9 Å². The summed E-state index contributed by atoms with van der Waals surface area (Å²) in [7, 11) is 0. The number of fused-ring (bicyclic) bond motifs is 7. The van der Waals surface area contributed by atoms with Crippen LogP contribution in [0.3, 0.4) is 0 Å². The molecule has 0 aliphatic heterocycles. The summed E-state index contributed by atoms with van der Waals surface area (Å²) in [5.74, 6) is -3.04. The second-order valence-corrected chi connectivity index (χ2v) is 13.5. The molecule has 1 aliphatic carbocycles. The van der Waals surface area contributed by atoms with E-state index in [0.717, 1.165) is 37.7 Å². The quantitative estimate of drug-likeness (QED) is 0.0783. The van der Waals surface area contributed by atoms with E-state index in [9.17, 15) is 9.90 Å². The molecule has 0 amide bonds. The molecule has 6 aromatic rings. The van der Waals surface area contributed by atoms with Crippen molar-refractivity contribution in [2.24, 2.45) is 10.8 Å². The summed E-state index contributed by atoms with van der Waals surface area (Å²) in [4.78, 5) is 16.0. The number of nitrogens with zero attached hydrogens (tertiary/aromatic N) is 1. The molecule has 0 bridgehead atoms. The van der Waals surface area contributed by atoms with E-state index in [0.29, 0.717) is 16.6 Å². The van der Waals surface area contributed by atoms with Crippen LogP contribution < -0.4 is 0 Å². The van der Waals surface area contributed by atoms with Crippen LogP contribution in [0.1, 0.15) is 52.7 Å². The van der Waals surface area contributed by atoms with Gasteiger partial charge in [-0.05, 0) is 50.0 Å². The van der Waals surface area contributed by atoms with Crippen LogP contribution in [-0.4, -0.2) is 15.9 Å². The van der Waals surface area contributed by atoms with E-state index in [1.165, 1.54) is 6.08 Å². The van der Waals surface area contributed by atoms with Crippen molar-refractivity contribution in [1.29, 1.82) is 0 Å². The van der Waals surface area contributed by atoms with Gasteiger partial charge in [0.1, 0.15) is 5.76 Å². The number of benzene rings is 5. The molecule has 7 rings (SSSR count). The van der Waals surface area contributed by atoms with Gasteiger partial charge in [0, 0.05) is 54.5 Å². The third kappa shape index (κ3) is 5.67. The maximum atomic E-state index is 16.1. The van der Waals surface area contributed by atoms with Gasteiger partial charge in [0.25, 0.3) is 5.92 Å². The smallest absolute Gasteiger partial charge is 0.273 e. The topological polar surface area (TPSA) is 50.2 Å². The number of ketones is 1. The second-order valence-electron chi connectivity index (χ2n) is 13.5. The minimum Gasteiger partial charge on any atom is -0.512 e. The Labute approximate surface area is 275 Å². The van der Waals surface area contributed by atoms with E-state index in [2.05, 4.69) is 11.1 Å². The van der Waals surface area contributed by atoms with Crippen molar-refractivity contribution in [3.05, 3.63) is 114 Å². The minimum atomic E-state index is -3.14. The van der Waals surface area contributed by atoms with Gasteiger partial charge < -0.3 is 5.11 Å². The molecule has 0 spiro atoms. The molecule has 1 N–H and O–H groups in total. The summed E-state index contributed by atoms with van der Waals surface area (Å²) in [5, 5.41) is 16.3. The Hall–Kier alpha value is -3.99. The molecule has 0 saturated heterocycles. The molecule has 1 radical (unpaired) electrons. The van der Waals surface area contributed by atoms with Gasteiger partial charge in [0.15, 0.2) is 5.78 Å². The first-order valence-corrected chi connectivity index (χ1v) is 14.7. The predicted octanol–water partition coefficient (Wildman–Crippen LogP) is 10.7. The Morgan fingerprint density at radius 1 is 0.778 bits per heavy atom. The molecule has 5 aromatic carbocycles. The van der Waals surface area contributed by atoms with E-state index in [1.807, 2.05) is 108 Å². The summed E-state index contributed by atoms with van der Waals surface area (Å²) in [5.41, 5.74) is 0.195. The van der Waals surface area contributed by atoms with Crippen molar-refractivity contribution in [1.82, 2.24) is 4.98 Å². The van der Waals surface area contributed by atoms with Crippen LogP contribution >= 0.6 is 0 Å². The van der Waals surface area contributed by atoms with Crippen LogP contribution in [0.5, 0.6) is 0 Å². The summed E-state index contributed by atoms with van der Waals surface area (Å²) < 4.78 is 32.1. The van der Waals surface area contributed by atoms with Gasteiger partial charge in [-0.3, -0.25) is 9.78 Å². The first-order valence-electron chi connectivity index (χ1n) is 14.7. The van der Waals surface area contributed by atoms with E-state index in [-0.39, 0.29) is 48.2 Å². The predicted molar refractivity (Wildman–Crippen MR) is 176 cm³/mol. The van der Waals surface area contributed by atoms with E-state index < -0.39 is 11.3 Å². The monoisotopic (exact) mass is 779 g/mol. The van der Waals surface area contributed by atoms with Gasteiger partial charge in [-0.25, -0.2) is 8.78 Å². The summed E-state index contributed by atoms with van der Waals surface area (Å²) in [6, 6.07) is 27.8. The molecule has 231 valence electrons. The Morgan fingerprint density at radius 2 is 1.44 bits per heavy atom. The van der Waals surface area contributed by atoms with Gasteiger partial charge in [0.05, 0.1) is 0 Å². The number of aliphatic hydroxyl groups is 1. The molecule has 45 heavy (non-hydrogen) atoms. The molecule has 0 saturated carbocycles. The number of carbonyl (C=O) groups excluding carboxylic acids is 1. The van der Waals surface area contributed by atoms with E-state index in [1.54, 1.807) is 18.3 Å². The van der Waals surface area contributed by atoms with Crippen LogP contribution in [0.25, 0.3) is 54.3 Å². The molecular weight excluding hydrogens is 745 g/mol. The number of hydrogen-bond donors (Lipinski definition) is 1. The number of hydrogen-bond acceptors (Lipinski definition) is 3. The summed E-state index contributed by atoms with van der Waals surface area (Å²) >= 11 is 0. The van der Waals surface area contributed by atoms with E-state index >= 15 is 8.78 Å². The second kappa shape index (κ2) is 11.4. The molecule has 1 aliphatic rings. The van der Waals surface area contributed by atoms with Crippen LogP contribution in [0.15, 0.2) is 96.9 Å². The molecule has 3 nitrogen and oxygen atoms in total. The van der Waals surface area contributed by atoms with Crippen molar-refractivity contribution < 1.29 is 38.8 Å². The normalized spacial score (nSPS) is 14.1. The number of alkyl halides is 2. The molecule has 0 unspecified atom stereocenters. The molecule has 0 atom stereocenters. The Morgan fingerprint density at radius 3 is 2.13 bits per heavy atom. The van der Waals surface area contributed by atoms with Crippen LogP contribution in [0.4, 0.5) is 8.78 Å². The first-order chi connectivity index (χ1) is 20.7. The maximum absolute atomic E-state index is 16.1. The van der Waals surface area contributed by atoms with Gasteiger partial charge in [-0.15, -0.1) is 23.6 Å². The van der Waals surface area contributed by atoms with Crippen molar-refractivity contribution in [3.63, 3.8) is 0 Å². The maximum Gasteiger partial charge on any atom is 0.273 e. The number of pyridine rings is 1. The first kappa shape index (κ1) is 32.4. The molecule has 0 fully saturated rings. The molecule has 6 heteroatoms. The number of allylic oxidation sites excluding steroid dienone is 2. The largest absolute Gasteiger partial charge is 0.512 e. The number of aromatic nitrogens is 1. The SMILES string of the molecule is CC(C)(C)C(=O)/C=C(\O)C(C)(C)C.FC1(F)c2cc3ccccc3[c-]c2-c2nccc3c2c1cc1c2ccccc2ccc31.[Ir]. The van der Waals surface area contributed by atoms with Gasteiger partial charge in [0.2, 0.25) is 0 Å². The van der Waals surface area contributed by atoms with Gasteiger partial charge in [-0.1, -0.05) is 107 Å². The average molecular weight is 779 g/mol. The van der Waals surface area contributed by atoms with E-state index in [4.69, 9.17) is 0 Å². The zero-order chi connectivity index (χ0) is 31.6. The summed E-state index contributed by atoms with van der Waals surface area (Å²) in [6.07, 6.45) is 3.05. The van der Waals surface area contributed by atoms with Gasteiger partial charge in [-0.2, -0.15) is 0 Å². The zero-order valence-electron chi connectivity index (χ0n) is 26.1. The average Bonchev–Trinajstić information content (AvgIpc) is 2.98. The number of halogens is 2. The standard InChI is InChI=1S/C28H14F2N.C11H20O2.Ir/c29-28(30)24-14-18-7-2-1-6-17(18)13-23(24)27-26-21(11-12-31-27)20-10-9-16-5-3-4-8-19(16)22(20)15-25(26)28;1-10(2,3)8(12)7-9(13)11(4,5)6;/h1-12,14-15H;7,12H,1-6H3;/q-1;;/b;8-7-;.